The molecular weight excluding hydrogens is 760 g/mol. The van der Waals surface area contributed by atoms with E-state index in [-0.39, 0.29) is 10.8 Å². The van der Waals surface area contributed by atoms with Crippen LogP contribution in [0.5, 0.6) is 23.0 Å². The summed E-state index contributed by atoms with van der Waals surface area (Å²) in [5.74, 6) is 1.06. The van der Waals surface area contributed by atoms with Crippen molar-refractivity contribution in [1.29, 1.82) is 0 Å². The molecule has 0 atom stereocenters. The fourth-order valence-electron chi connectivity index (χ4n) is 6.11. The molecule has 0 saturated carbocycles. The van der Waals surface area contributed by atoms with Crippen molar-refractivity contribution >= 4 is 58.1 Å². The van der Waals surface area contributed by atoms with Gasteiger partial charge in [0.05, 0.1) is 40.7 Å². The maximum absolute atomic E-state index is 13.1. The highest BCUT2D eigenvalue weighted by atomic mass is 35.5. The predicted octanol–water partition coefficient (Wildman–Crippen LogP) is 13.4. The van der Waals surface area contributed by atoms with Crippen LogP contribution in [0.3, 0.4) is 0 Å². The first-order chi connectivity index (χ1) is 28.9. The molecule has 302 valence electrons. The summed E-state index contributed by atoms with van der Waals surface area (Å²) in [6.45, 7) is 5.81. The predicted molar refractivity (Wildman–Crippen MR) is 238 cm³/mol. The van der Waals surface area contributed by atoms with Crippen molar-refractivity contribution in [1.82, 2.24) is 0 Å². The molecule has 0 N–H and O–H groups in total. The first-order valence-electron chi connectivity index (χ1n) is 20.3. The summed E-state index contributed by atoms with van der Waals surface area (Å²) in [5, 5.41) is 1.58. The highest BCUT2D eigenvalue weighted by Gasteiger charge is 2.15. The molecule has 59 heavy (non-hydrogen) atoms. The number of carbonyl (C=O) groups excluding carboxylic acids is 2. The summed E-state index contributed by atoms with van der Waals surface area (Å²) >= 11 is 6.75. The lowest BCUT2D eigenvalue weighted by atomic mass is 10.1. The number of rotatable bonds is 20. The average Bonchev–Trinajstić information content (AvgIpc) is 3.27. The second-order valence-electron chi connectivity index (χ2n) is 14.1. The number of aliphatic imine (C=N–C) groups is 2. The monoisotopic (exact) mass is 808 g/mol. The Morgan fingerprint density at radius 3 is 1.47 bits per heavy atom. The van der Waals surface area contributed by atoms with E-state index in [1.165, 1.54) is 38.5 Å². The van der Waals surface area contributed by atoms with E-state index in [2.05, 4.69) is 23.8 Å². The van der Waals surface area contributed by atoms with Crippen LogP contribution in [0.1, 0.15) is 97.1 Å². The Hall–Kier alpha value is -6.25. The lowest BCUT2D eigenvalue weighted by Gasteiger charge is -2.11. The average molecular weight is 809 g/mol. The van der Waals surface area contributed by atoms with Crippen molar-refractivity contribution in [2.24, 2.45) is 9.98 Å². The standard InChI is InChI=1S/C50H49ClN2O6/c1-3-5-7-9-31-56-43-26-21-41(22-27-43)52-34-36-11-15-39(16-12-36)49(54)58-45-25-19-38-20-30-47(48(51)46(38)33-45)59-50(55)40-17-13-37(14-18-40)35-53-42-23-28-44(29-24-42)57-32-10-8-6-4-2/h11-30,33-35H,3-10,31-32H2,1-2H3. The van der Waals surface area contributed by atoms with Gasteiger partial charge in [-0.05, 0) is 120 Å². The minimum absolute atomic E-state index is 0.186. The third-order valence-electron chi connectivity index (χ3n) is 9.53. The molecule has 9 heteroatoms. The first-order valence-corrected chi connectivity index (χ1v) is 20.7. The molecule has 0 bridgehead atoms. The summed E-state index contributed by atoms with van der Waals surface area (Å²) in [7, 11) is 0. The SMILES string of the molecule is CCCCCCOc1ccc(N=Cc2ccc(C(=O)Oc3ccc4ccc(OC(=O)c5ccc(C=Nc6ccc(OCCCCCC)cc6)cc5)c(Cl)c4c3)cc2)cc1. The largest absolute Gasteiger partial charge is 0.494 e. The molecule has 6 rings (SSSR count). The van der Waals surface area contributed by atoms with Crippen LogP contribution in [-0.4, -0.2) is 37.6 Å². The Kier molecular flexibility index (Phi) is 15.8. The van der Waals surface area contributed by atoms with E-state index < -0.39 is 11.9 Å². The first kappa shape index (κ1) is 42.4. The third-order valence-corrected chi connectivity index (χ3v) is 9.92. The molecule has 0 heterocycles. The topological polar surface area (TPSA) is 95.8 Å². The normalized spacial score (nSPS) is 11.3. The number of esters is 2. The van der Waals surface area contributed by atoms with E-state index >= 15 is 0 Å². The smallest absolute Gasteiger partial charge is 0.343 e. The van der Waals surface area contributed by atoms with Gasteiger partial charge in [0.25, 0.3) is 0 Å². The molecule has 0 aliphatic carbocycles. The fraction of sp³-hybridized carbons (Fsp3) is 0.240. The third kappa shape index (κ3) is 12.9. The molecule has 0 fully saturated rings. The van der Waals surface area contributed by atoms with Crippen molar-refractivity contribution < 1.29 is 28.5 Å². The minimum atomic E-state index is -0.563. The molecule has 0 aliphatic heterocycles. The molecule has 0 aromatic heterocycles. The zero-order valence-electron chi connectivity index (χ0n) is 33.6. The van der Waals surface area contributed by atoms with Gasteiger partial charge in [0.15, 0.2) is 0 Å². The minimum Gasteiger partial charge on any atom is -0.494 e. The highest BCUT2D eigenvalue weighted by Crippen LogP contribution is 2.35. The van der Waals surface area contributed by atoms with Crippen LogP contribution in [0.15, 0.2) is 137 Å². The maximum atomic E-state index is 13.1. The Balaban J connectivity index is 1.00. The van der Waals surface area contributed by atoms with Crippen molar-refractivity contribution in [2.45, 2.75) is 65.2 Å². The molecule has 0 amide bonds. The van der Waals surface area contributed by atoms with Gasteiger partial charge in [-0.15, -0.1) is 0 Å². The molecular formula is C50H49ClN2O6. The van der Waals surface area contributed by atoms with Crippen LogP contribution < -0.4 is 18.9 Å². The van der Waals surface area contributed by atoms with Gasteiger partial charge in [0.1, 0.15) is 23.0 Å². The van der Waals surface area contributed by atoms with Gasteiger partial charge in [0.2, 0.25) is 0 Å². The second-order valence-corrected chi connectivity index (χ2v) is 14.5. The molecule has 0 spiro atoms. The van der Waals surface area contributed by atoms with E-state index in [4.69, 9.17) is 30.5 Å². The van der Waals surface area contributed by atoms with Crippen LogP contribution in [0.2, 0.25) is 5.02 Å². The lowest BCUT2D eigenvalue weighted by Crippen LogP contribution is -2.09. The molecule has 0 aliphatic rings. The van der Waals surface area contributed by atoms with E-state index in [0.29, 0.717) is 35.5 Å². The lowest BCUT2D eigenvalue weighted by molar-refractivity contribution is 0.0726. The number of halogens is 1. The van der Waals surface area contributed by atoms with Gasteiger partial charge >= 0.3 is 11.9 Å². The number of nitrogens with zero attached hydrogens (tertiary/aromatic N) is 2. The van der Waals surface area contributed by atoms with Crippen LogP contribution >= 0.6 is 11.6 Å². The maximum Gasteiger partial charge on any atom is 0.343 e. The number of fused-ring (bicyclic) bond motifs is 1. The Morgan fingerprint density at radius 2 is 0.983 bits per heavy atom. The number of hydrogen-bond donors (Lipinski definition) is 0. The molecule has 0 saturated heterocycles. The van der Waals surface area contributed by atoms with Crippen molar-refractivity contribution in [3.63, 3.8) is 0 Å². The van der Waals surface area contributed by atoms with Crippen molar-refractivity contribution in [2.75, 3.05) is 13.2 Å². The molecule has 0 unspecified atom stereocenters. The second kappa shape index (κ2) is 22.0. The Bertz CT molecular complexity index is 2330. The Morgan fingerprint density at radius 1 is 0.525 bits per heavy atom. The van der Waals surface area contributed by atoms with E-state index in [0.717, 1.165) is 52.2 Å². The van der Waals surface area contributed by atoms with Gasteiger partial charge in [0, 0.05) is 17.8 Å². The summed E-state index contributed by atoms with van der Waals surface area (Å²) in [5.41, 5.74) is 3.98. The van der Waals surface area contributed by atoms with Crippen LogP contribution in [-0.2, 0) is 0 Å². The number of benzene rings is 6. The van der Waals surface area contributed by atoms with Crippen molar-refractivity contribution in [3.8, 4) is 23.0 Å². The zero-order valence-corrected chi connectivity index (χ0v) is 34.3. The van der Waals surface area contributed by atoms with Crippen molar-refractivity contribution in [3.05, 3.63) is 155 Å². The summed E-state index contributed by atoms with van der Waals surface area (Å²) < 4.78 is 23.0. The van der Waals surface area contributed by atoms with Gasteiger partial charge in [-0.3, -0.25) is 9.98 Å². The zero-order chi connectivity index (χ0) is 41.2. The molecule has 0 radical (unpaired) electrons. The fourth-order valence-corrected chi connectivity index (χ4v) is 6.38. The quantitative estimate of drug-likeness (QED) is 0.0330. The Labute approximate surface area is 351 Å². The van der Waals surface area contributed by atoms with Gasteiger partial charge in [-0.25, -0.2) is 9.59 Å². The van der Waals surface area contributed by atoms with E-state index in [1.54, 1.807) is 91.3 Å². The van der Waals surface area contributed by atoms with E-state index in [9.17, 15) is 9.59 Å². The van der Waals surface area contributed by atoms with Gasteiger partial charge in [-0.1, -0.05) is 100 Å². The number of carbonyl (C=O) groups is 2. The number of unbranched alkanes of at least 4 members (excludes halogenated alkanes) is 6. The summed E-state index contributed by atoms with van der Waals surface area (Å²) in [6.07, 6.45) is 12.8. The van der Waals surface area contributed by atoms with Gasteiger partial charge < -0.3 is 18.9 Å². The van der Waals surface area contributed by atoms with Gasteiger partial charge in [-0.2, -0.15) is 0 Å². The molecule has 8 nitrogen and oxygen atoms in total. The van der Waals surface area contributed by atoms with Crippen LogP contribution in [0.25, 0.3) is 10.8 Å². The summed E-state index contributed by atoms with van der Waals surface area (Å²) in [4.78, 5) is 35.3. The molecule has 6 aromatic carbocycles. The number of ether oxygens (including phenoxy) is 4. The highest BCUT2D eigenvalue weighted by molar-refractivity contribution is 6.37. The summed E-state index contributed by atoms with van der Waals surface area (Å²) in [6, 6.07) is 37.8. The van der Waals surface area contributed by atoms with Crippen LogP contribution in [0, 0.1) is 0 Å². The molecule has 6 aromatic rings. The van der Waals surface area contributed by atoms with Crippen LogP contribution in [0.4, 0.5) is 11.4 Å². The number of hydrogen-bond acceptors (Lipinski definition) is 8. The van der Waals surface area contributed by atoms with E-state index in [1.807, 2.05) is 48.5 Å².